The van der Waals surface area contributed by atoms with Crippen LogP contribution in [0.15, 0.2) is 16.7 Å². The van der Waals surface area contributed by atoms with Crippen LogP contribution in [0, 0.1) is 5.92 Å². The van der Waals surface area contributed by atoms with E-state index in [0.29, 0.717) is 27.7 Å². The summed E-state index contributed by atoms with van der Waals surface area (Å²) in [6, 6.07) is 3.54. The van der Waals surface area contributed by atoms with Crippen LogP contribution in [-0.4, -0.2) is 29.0 Å². The summed E-state index contributed by atoms with van der Waals surface area (Å²) < 4.78 is 5.97. The lowest BCUT2D eigenvalue weighted by molar-refractivity contribution is -0.121. The molecule has 0 spiro atoms. The van der Waals surface area contributed by atoms with E-state index < -0.39 is 0 Å². The van der Waals surface area contributed by atoms with E-state index in [-0.39, 0.29) is 18.4 Å². The second-order valence-corrected chi connectivity index (χ2v) is 5.34. The fourth-order valence-electron chi connectivity index (χ4n) is 1.61. The van der Waals surface area contributed by atoms with Crippen molar-refractivity contribution in [2.75, 3.05) is 18.1 Å². The highest BCUT2D eigenvalue weighted by molar-refractivity contribution is 9.10. The van der Waals surface area contributed by atoms with Gasteiger partial charge in [0.05, 0.1) is 4.99 Å². The van der Waals surface area contributed by atoms with Crippen molar-refractivity contribution in [3.63, 3.8) is 0 Å². The van der Waals surface area contributed by atoms with Gasteiger partial charge in [0.15, 0.2) is 18.2 Å². The summed E-state index contributed by atoms with van der Waals surface area (Å²) in [4.78, 5) is 18.1. The molecule has 0 bridgehead atoms. The fourth-order valence-corrected chi connectivity index (χ4v) is 1.98. The van der Waals surface area contributed by atoms with E-state index in [1.807, 2.05) is 6.92 Å². The molecule has 1 aromatic rings. The predicted octanol–water partition coefficient (Wildman–Crippen LogP) is 1.49. The van der Waals surface area contributed by atoms with Gasteiger partial charge in [0.1, 0.15) is 4.60 Å². The van der Waals surface area contributed by atoms with Crippen LogP contribution >= 0.6 is 28.1 Å². The Hall–Kier alpha value is -1.21. The quantitative estimate of drug-likeness (QED) is 0.672. The zero-order valence-corrected chi connectivity index (χ0v) is 12.1. The number of fused-ring (bicyclic) bond motifs is 1. The molecule has 96 valence electrons. The SMILES string of the molecule is CC(CN1C(=O)COc2ccc(Br)nc21)C(N)=S. The molecular formula is C11H12BrN3O2S. The van der Waals surface area contributed by atoms with Crippen molar-refractivity contribution < 1.29 is 9.53 Å². The number of thiocarbonyl (C=S) groups is 1. The van der Waals surface area contributed by atoms with Gasteiger partial charge in [-0.2, -0.15) is 0 Å². The predicted molar refractivity (Wildman–Crippen MR) is 75.7 cm³/mol. The third-order valence-electron chi connectivity index (χ3n) is 2.66. The number of carbonyl (C=O) groups is 1. The number of pyridine rings is 1. The second-order valence-electron chi connectivity index (χ2n) is 4.05. The molecule has 5 nitrogen and oxygen atoms in total. The van der Waals surface area contributed by atoms with Crippen LogP contribution in [0.2, 0.25) is 0 Å². The average Bonchev–Trinajstić information content (AvgIpc) is 2.32. The second kappa shape index (κ2) is 5.19. The molecule has 1 aliphatic heterocycles. The Morgan fingerprint density at radius 3 is 3.11 bits per heavy atom. The highest BCUT2D eigenvalue weighted by Crippen LogP contribution is 2.31. The molecule has 18 heavy (non-hydrogen) atoms. The van der Waals surface area contributed by atoms with Gasteiger partial charge < -0.3 is 10.5 Å². The van der Waals surface area contributed by atoms with E-state index in [1.54, 1.807) is 17.0 Å². The number of ether oxygens (including phenoxy) is 1. The summed E-state index contributed by atoms with van der Waals surface area (Å²) in [5.41, 5.74) is 5.58. The maximum absolute atomic E-state index is 11.9. The maximum atomic E-state index is 11.9. The molecule has 2 rings (SSSR count). The van der Waals surface area contributed by atoms with Crippen LogP contribution in [0.5, 0.6) is 5.75 Å². The topological polar surface area (TPSA) is 68.5 Å². The molecule has 7 heteroatoms. The van der Waals surface area contributed by atoms with Gasteiger partial charge in [-0.05, 0) is 28.1 Å². The number of carbonyl (C=O) groups excluding carboxylic acids is 1. The van der Waals surface area contributed by atoms with Crippen LogP contribution in [0.3, 0.4) is 0 Å². The summed E-state index contributed by atoms with van der Waals surface area (Å²) in [7, 11) is 0. The summed E-state index contributed by atoms with van der Waals surface area (Å²) in [5, 5.41) is 0. The number of nitrogens with zero attached hydrogens (tertiary/aromatic N) is 2. The normalized spacial score (nSPS) is 15.9. The average molecular weight is 330 g/mol. The van der Waals surface area contributed by atoms with E-state index in [1.165, 1.54) is 0 Å². The molecule has 1 unspecified atom stereocenters. The first-order chi connectivity index (χ1) is 8.49. The van der Waals surface area contributed by atoms with Gasteiger partial charge in [0.2, 0.25) is 0 Å². The fraction of sp³-hybridized carbons (Fsp3) is 0.364. The minimum atomic E-state index is -0.142. The number of hydrogen-bond acceptors (Lipinski definition) is 4. The molecule has 2 heterocycles. The molecule has 1 amide bonds. The molecule has 1 aromatic heterocycles. The first-order valence-electron chi connectivity index (χ1n) is 5.38. The van der Waals surface area contributed by atoms with Gasteiger partial charge in [0, 0.05) is 12.5 Å². The molecule has 1 atom stereocenters. The molecule has 1 aliphatic rings. The van der Waals surface area contributed by atoms with E-state index in [9.17, 15) is 4.79 Å². The number of hydrogen-bond donors (Lipinski definition) is 1. The number of aromatic nitrogens is 1. The minimum absolute atomic E-state index is 0.0143. The molecule has 0 aromatic carbocycles. The Balaban J connectivity index is 2.32. The Kier molecular flexibility index (Phi) is 3.82. The zero-order valence-electron chi connectivity index (χ0n) is 9.72. The van der Waals surface area contributed by atoms with E-state index in [0.717, 1.165) is 0 Å². The van der Waals surface area contributed by atoms with Crippen molar-refractivity contribution in [1.29, 1.82) is 0 Å². The lowest BCUT2D eigenvalue weighted by Crippen LogP contribution is -2.43. The molecule has 0 radical (unpaired) electrons. The summed E-state index contributed by atoms with van der Waals surface area (Å²) >= 11 is 8.21. The van der Waals surface area contributed by atoms with Gasteiger partial charge >= 0.3 is 0 Å². The van der Waals surface area contributed by atoms with E-state index in [2.05, 4.69) is 20.9 Å². The number of halogens is 1. The van der Waals surface area contributed by atoms with Crippen molar-refractivity contribution in [3.8, 4) is 5.75 Å². The van der Waals surface area contributed by atoms with Gasteiger partial charge in [0.25, 0.3) is 5.91 Å². The van der Waals surface area contributed by atoms with Crippen molar-refractivity contribution in [2.24, 2.45) is 11.7 Å². The third-order valence-corrected chi connectivity index (χ3v) is 3.50. The summed E-state index contributed by atoms with van der Waals surface area (Å²) in [6.45, 7) is 2.30. The molecule has 0 saturated heterocycles. The lowest BCUT2D eigenvalue weighted by atomic mass is 10.1. The van der Waals surface area contributed by atoms with Crippen LogP contribution in [-0.2, 0) is 4.79 Å². The first-order valence-corrected chi connectivity index (χ1v) is 6.58. The smallest absolute Gasteiger partial charge is 0.266 e. The van der Waals surface area contributed by atoms with Crippen molar-refractivity contribution in [3.05, 3.63) is 16.7 Å². The number of amides is 1. The lowest BCUT2D eigenvalue weighted by Gasteiger charge is -2.30. The highest BCUT2D eigenvalue weighted by atomic mass is 79.9. The van der Waals surface area contributed by atoms with Crippen LogP contribution in [0.4, 0.5) is 5.82 Å². The standard InChI is InChI=1S/C11H12BrN3O2S/c1-6(10(13)18)4-15-9(16)5-17-7-2-3-8(12)14-11(7)15/h2-3,6H,4-5H2,1H3,(H2,13,18). The Labute approximate surface area is 118 Å². The summed E-state index contributed by atoms with van der Waals surface area (Å²) in [6.07, 6.45) is 0. The molecule has 0 fully saturated rings. The van der Waals surface area contributed by atoms with Crippen LogP contribution in [0.1, 0.15) is 6.92 Å². The van der Waals surface area contributed by atoms with Crippen molar-refractivity contribution in [1.82, 2.24) is 4.98 Å². The molecule has 0 aliphatic carbocycles. The van der Waals surface area contributed by atoms with Gasteiger partial charge in [-0.1, -0.05) is 19.1 Å². The highest BCUT2D eigenvalue weighted by Gasteiger charge is 2.28. The molecular weight excluding hydrogens is 318 g/mol. The number of rotatable bonds is 3. The van der Waals surface area contributed by atoms with Gasteiger partial charge in [-0.15, -0.1) is 0 Å². The van der Waals surface area contributed by atoms with Crippen LogP contribution < -0.4 is 15.4 Å². The molecule has 0 saturated carbocycles. The Morgan fingerprint density at radius 2 is 2.44 bits per heavy atom. The van der Waals surface area contributed by atoms with E-state index in [4.69, 9.17) is 22.7 Å². The van der Waals surface area contributed by atoms with Gasteiger partial charge in [-0.3, -0.25) is 9.69 Å². The number of anilines is 1. The van der Waals surface area contributed by atoms with Gasteiger partial charge in [-0.25, -0.2) is 4.98 Å². The summed E-state index contributed by atoms with van der Waals surface area (Å²) in [5.74, 6) is 0.878. The number of nitrogens with two attached hydrogens (primary N) is 1. The van der Waals surface area contributed by atoms with Crippen molar-refractivity contribution >= 4 is 44.9 Å². The van der Waals surface area contributed by atoms with Crippen LogP contribution in [0.25, 0.3) is 0 Å². The van der Waals surface area contributed by atoms with Crippen molar-refractivity contribution in [2.45, 2.75) is 6.92 Å². The third kappa shape index (κ3) is 2.62. The van der Waals surface area contributed by atoms with E-state index >= 15 is 0 Å². The zero-order chi connectivity index (χ0) is 13.3. The molecule has 2 N–H and O–H groups in total. The Morgan fingerprint density at radius 1 is 1.72 bits per heavy atom. The minimum Gasteiger partial charge on any atom is -0.480 e. The maximum Gasteiger partial charge on any atom is 0.266 e. The first kappa shape index (κ1) is 13.2. The monoisotopic (exact) mass is 329 g/mol. The largest absolute Gasteiger partial charge is 0.480 e. The Bertz CT molecular complexity index is 509.